The van der Waals surface area contributed by atoms with Gasteiger partial charge in [0.2, 0.25) is 0 Å². The minimum atomic E-state index is 0.454. The Labute approximate surface area is 277 Å². The second kappa shape index (κ2) is 11.4. The van der Waals surface area contributed by atoms with Gasteiger partial charge in [-0.05, 0) is 78.4 Å². The molecule has 2 heterocycles. The quantitative estimate of drug-likeness (QED) is 0.181. The van der Waals surface area contributed by atoms with E-state index in [-0.39, 0.29) is 0 Å². The molecule has 6 aromatic carbocycles. The standard InChI is InChI=1S/C42H30N2S2/c1-4-13-29(14-5-1)43(30-15-6-2-7-16-30)32-24-26-40-37(27-32)36-20-12-21-38(42(36)46-40)44(31-17-8-3-9-18-31)33-23-25-35-34-19-10-11-22-39(34)45-41(35)28-33/h1-28,34,39H. The lowest BCUT2D eigenvalue weighted by Gasteiger charge is -2.26. The van der Waals surface area contributed by atoms with Gasteiger partial charge in [0.15, 0.2) is 0 Å². The monoisotopic (exact) mass is 626 g/mol. The van der Waals surface area contributed by atoms with Crippen LogP contribution < -0.4 is 9.80 Å². The molecule has 0 bridgehead atoms. The molecule has 1 aliphatic carbocycles. The molecule has 0 N–H and O–H groups in total. The number of nitrogens with zero attached hydrogens (tertiary/aromatic N) is 2. The lowest BCUT2D eigenvalue weighted by molar-refractivity contribution is 0.881. The van der Waals surface area contributed by atoms with Crippen molar-refractivity contribution in [1.82, 2.24) is 0 Å². The van der Waals surface area contributed by atoms with Crippen molar-refractivity contribution in [2.45, 2.75) is 16.1 Å². The van der Waals surface area contributed by atoms with Crippen LogP contribution in [0.5, 0.6) is 0 Å². The van der Waals surface area contributed by atoms with Crippen LogP contribution in [0, 0.1) is 0 Å². The van der Waals surface area contributed by atoms with Gasteiger partial charge in [0.05, 0.1) is 10.4 Å². The molecule has 0 saturated heterocycles. The van der Waals surface area contributed by atoms with Crippen LogP contribution in [0.4, 0.5) is 34.1 Å². The third-order valence-corrected chi connectivity index (χ3v) is 11.5. The fourth-order valence-electron chi connectivity index (χ4n) is 6.86. The molecular weight excluding hydrogens is 597 g/mol. The van der Waals surface area contributed by atoms with Crippen LogP contribution in [-0.4, -0.2) is 5.25 Å². The van der Waals surface area contributed by atoms with Gasteiger partial charge in [-0.1, -0.05) is 97.1 Å². The van der Waals surface area contributed by atoms with Gasteiger partial charge in [0.25, 0.3) is 0 Å². The van der Waals surface area contributed by atoms with E-state index >= 15 is 0 Å². The van der Waals surface area contributed by atoms with Gasteiger partial charge in [-0.15, -0.1) is 23.1 Å². The van der Waals surface area contributed by atoms with Gasteiger partial charge in [-0.25, -0.2) is 0 Å². The number of hydrogen-bond acceptors (Lipinski definition) is 4. The fourth-order valence-corrected chi connectivity index (χ4v) is 9.42. The first kappa shape index (κ1) is 27.3. The molecule has 2 unspecified atom stereocenters. The molecule has 0 radical (unpaired) electrons. The Bertz CT molecular complexity index is 2220. The van der Waals surface area contributed by atoms with Crippen LogP contribution in [0.2, 0.25) is 0 Å². The van der Waals surface area contributed by atoms with E-state index in [1.165, 1.54) is 42.0 Å². The first-order valence-corrected chi connectivity index (χ1v) is 17.4. The summed E-state index contributed by atoms with van der Waals surface area (Å²) in [5, 5.41) is 3.03. The summed E-state index contributed by atoms with van der Waals surface area (Å²) in [5.74, 6) is 0.454. The van der Waals surface area contributed by atoms with Crippen molar-refractivity contribution < 1.29 is 0 Å². The average molecular weight is 627 g/mol. The molecule has 2 atom stereocenters. The van der Waals surface area contributed by atoms with Crippen LogP contribution >= 0.6 is 23.1 Å². The number of fused-ring (bicyclic) bond motifs is 6. The Morgan fingerprint density at radius 1 is 0.478 bits per heavy atom. The average Bonchev–Trinajstić information content (AvgIpc) is 3.68. The molecule has 46 heavy (non-hydrogen) atoms. The minimum Gasteiger partial charge on any atom is -0.310 e. The number of thiophene rings is 1. The zero-order valence-corrected chi connectivity index (χ0v) is 26.7. The SMILES string of the molecule is C1=CC2Sc3cc(N(c4ccccc4)c4cccc5c4sc4ccc(N(c6ccccc6)c6ccccc6)cc45)ccc3C2C=C1. The number of benzene rings is 6. The summed E-state index contributed by atoms with van der Waals surface area (Å²) in [7, 11) is 0. The van der Waals surface area contributed by atoms with Crippen molar-refractivity contribution in [2.75, 3.05) is 9.80 Å². The number of allylic oxidation sites excluding steroid dienone is 3. The van der Waals surface area contributed by atoms with Gasteiger partial charge in [0.1, 0.15) is 0 Å². The first-order chi connectivity index (χ1) is 22.8. The first-order valence-electron chi connectivity index (χ1n) is 15.7. The lowest BCUT2D eigenvalue weighted by atomic mass is 9.92. The third-order valence-electron chi connectivity index (χ3n) is 8.96. The van der Waals surface area contributed by atoms with Crippen LogP contribution in [0.25, 0.3) is 20.2 Å². The molecule has 2 nitrogen and oxygen atoms in total. The number of para-hydroxylation sites is 3. The topological polar surface area (TPSA) is 6.48 Å². The van der Waals surface area contributed by atoms with E-state index in [1.54, 1.807) is 0 Å². The highest BCUT2D eigenvalue weighted by atomic mass is 32.2. The lowest BCUT2D eigenvalue weighted by Crippen LogP contribution is -2.10. The van der Waals surface area contributed by atoms with Gasteiger partial charge in [-0.3, -0.25) is 0 Å². The largest absolute Gasteiger partial charge is 0.310 e. The minimum absolute atomic E-state index is 0.454. The molecule has 0 spiro atoms. The second-order valence-corrected chi connectivity index (χ2v) is 14.0. The molecule has 1 aromatic heterocycles. The summed E-state index contributed by atoms with van der Waals surface area (Å²) in [6, 6.07) is 52.8. The third kappa shape index (κ3) is 4.65. The molecule has 2 aliphatic rings. The molecule has 0 amide bonds. The normalized spacial score (nSPS) is 16.4. The van der Waals surface area contributed by atoms with E-state index in [4.69, 9.17) is 0 Å². The van der Waals surface area contributed by atoms with E-state index < -0.39 is 0 Å². The smallest absolute Gasteiger partial charge is 0.0640 e. The number of rotatable bonds is 6. The highest BCUT2D eigenvalue weighted by molar-refractivity contribution is 8.00. The van der Waals surface area contributed by atoms with E-state index in [2.05, 4.69) is 180 Å². The van der Waals surface area contributed by atoms with Gasteiger partial charge >= 0.3 is 0 Å². The van der Waals surface area contributed by atoms with E-state index in [0.717, 1.165) is 22.7 Å². The predicted octanol–water partition coefficient (Wildman–Crippen LogP) is 12.7. The number of hydrogen-bond donors (Lipinski definition) is 0. The van der Waals surface area contributed by atoms with Crippen LogP contribution in [0.15, 0.2) is 175 Å². The summed E-state index contributed by atoms with van der Waals surface area (Å²) in [6.45, 7) is 0. The Balaban J connectivity index is 1.20. The van der Waals surface area contributed by atoms with Gasteiger partial charge in [-0.2, -0.15) is 0 Å². The van der Waals surface area contributed by atoms with E-state index in [0.29, 0.717) is 11.2 Å². The van der Waals surface area contributed by atoms with Crippen molar-refractivity contribution in [3.05, 3.63) is 175 Å². The van der Waals surface area contributed by atoms with Crippen molar-refractivity contribution in [2.24, 2.45) is 0 Å². The highest BCUT2D eigenvalue weighted by Crippen LogP contribution is 2.51. The van der Waals surface area contributed by atoms with E-state index in [1.807, 2.05) is 23.1 Å². The van der Waals surface area contributed by atoms with Crippen LogP contribution in [-0.2, 0) is 0 Å². The van der Waals surface area contributed by atoms with Gasteiger partial charge in [0, 0.05) is 60.0 Å². The highest BCUT2D eigenvalue weighted by Gasteiger charge is 2.32. The molecular formula is C42H30N2S2. The van der Waals surface area contributed by atoms with Crippen molar-refractivity contribution in [3.63, 3.8) is 0 Å². The summed E-state index contributed by atoms with van der Waals surface area (Å²) < 4.78 is 2.57. The molecule has 7 aromatic rings. The molecule has 1 aliphatic heterocycles. The van der Waals surface area contributed by atoms with Crippen molar-refractivity contribution >= 4 is 77.4 Å². The number of thioether (sulfide) groups is 1. The summed E-state index contributed by atoms with van der Waals surface area (Å²) in [6.07, 6.45) is 9.06. The molecule has 4 heteroatoms. The summed E-state index contributed by atoms with van der Waals surface area (Å²) in [4.78, 5) is 6.15. The Hall–Kier alpha value is -5.03. The molecule has 0 saturated carbocycles. The van der Waals surface area contributed by atoms with Crippen LogP contribution in [0.3, 0.4) is 0 Å². The maximum atomic E-state index is 2.44. The molecule has 220 valence electrons. The number of anilines is 6. The van der Waals surface area contributed by atoms with E-state index in [9.17, 15) is 0 Å². The van der Waals surface area contributed by atoms with Crippen molar-refractivity contribution in [3.8, 4) is 0 Å². The Morgan fingerprint density at radius 3 is 1.83 bits per heavy atom. The summed E-state index contributed by atoms with van der Waals surface area (Å²) >= 11 is 3.86. The Morgan fingerprint density at radius 2 is 1.11 bits per heavy atom. The maximum absolute atomic E-state index is 2.44. The molecule has 9 rings (SSSR count). The zero-order chi connectivity index (χ0) is 30.5. The van der Waals surface area contributed by atoms with Crippen LogP contribution in [0.1, 0.15) is 11.5 Å². The summed E-state index contributed by atoms with van der Waals surface area (Å²) in [5.41, 5.74) is 8.42. The fraction of sp³-hybridized carbons (Fsp3) is 0.0476. The molecule has 0 fully saturated rings. The Kier molecular flexibility index (Phi) is 6.76. The van der Waals surface area contributed by atoms with Gasteiger partial charge < -0.3 is 9.80 Å². The second-order valence-electron chi connectivity index (χ2n) is 11.7. The predicted molar refractivity (Wildman–Crippen MR) is 199 cm³/mol. The zero-order valence-electron chi connectivity index (χ0n) is 25.0. The maximum Gasteiger partial charge on any atom is 0.0640 e. The van der Waals surface area contributed by atoms with Crippen molar-refractivity contribution in [1.29, 1.82) is 0 Å².